The number of carboxylic acid groups (broad SMARTS) is 2. The van der Waals surface area contributed by atoms with Crippen LogP contribution in [0.15, 0.2) is 30.3 Å². The van der Waals surface area contributed by atoms with Crippen LogP contribution in [0.1, 0.15) is 45.6 Å². The van der Waals surface area contributed by atoms with Crippen molar-refractivity contribution in [3.63, 3.8) is 0 Å². The Morgan fingerprint density at radius 3 is 2.19 bits per heavy atom. The van der Waals surface area contributed by atoms with Crippen molar-refractivity contribution in [3.05, 3.63) is 35.9 Å². The maximum atomic E-state index is 12.0. The zero-order chi connectivity index (χ0) is 23.7. The van der Waals surface area contributed by atoms with Gasteiger partial charge in [-0.2, -0.15) is 0 Å². The van der Waals surface area contributed by atoms with Crippen molar-refractivity contribution >= 4 is 26.3 Å². The number of ether oxygens (including phenoxy) is 1. The van der Waals surface area contributed by atoms with Gasteiger partial charge < -0.3 is 24.7 Å². The Morgan fingerprint density at radius 2 is 1.68 bits per heavy atom. The molecule has 0 saturated heterocycles. The van der Waals surface area contributed by atoms with Crippen LogP contribution in [-0.4, -0.2) is 49.2 Å². The molecule has 8 nitrogen and oxygen atoms in total. The molecule has 9 heteroatoms. The molecule has 1 rings (SSSR count). The number of carbonyl (C=O) groups excluding carboxylic acids is 1. The zero-order valence-electron chi connectivity index (χ0n) is 19.0. The Morgan fingerprint density at radius 1 is 1.06 bits per heavy atom. The molecule has 2 atom stereocenters. The molecule has 0 aromatic heterocycles. The summed E-state index contributed by atoms with van der Waals surface area (Å²) in [6.45, 7) is 11.0. The first-order chi connectivity index (χ1) is 14.3. The Labute approximate surface area is 185 Å². The van der Waals surface area contributed by atoms with Gasteiger partial charge in [-0.3, -0.25) is 4.79 Å². The topological polar surface area (TPSA) is 122 Å². The second-order valence-electron chi connectivity index (χ2n) is 9.12. The zero-order valence-corrected chi connectivity index (χ0v) is 20.0. The number of carboxylic acids is 2. The minimum Gasteiger partial charge on any atom is -0.481 e. The standard InChI is InChI=1S/C22H35NO7Si/c1-22(2,3)31(4,5)30-13-9-12-17(19(24)25)14-18(20(26)27)23-21(28)29-15-16-10-7-6-8-11-16/h6-8,10-11,17-18H,9,12-15H2,1-5H3,(H,23,28)(H,24,25)(H,26,27)/t17-,18-/m0/s1. The summed E-state index contributed by atoms with van der Waals surface area (Å²) in [4.78, 5) is 35.2. The normalized spacial score (nSPS) is 13.8. The first-order valence-corrected chi connectivity index (χ1v) is 13.3. The van der Waals surface area contributed by atoms with Crippen LogP contribution in [0, 0.1) is 5.92 Å². The number of carbonyl (C=O) groups is 3. The molecule has 1 aromatic rings. The fourth-order valence-corrected chi connectivity index (χ4v) is 3.72. The smallest absolute Gasteiger partial charge is 0.408 e. The lowest BCUT2D eigenvalue weighted by Crippen LogP contribution is -2.43. The number of rotatable bonds is 12. The summed E-state index contributed by atoms with van der Waals surface area (Å²) >= 11 is 0. The van der Waals surface area contributed by atoms with Crippen molar-refractivity contribution in [3.8, 4) is 0 Å². The van der Waals surface area contributed by atoms with Gasteiger partial charge in [-0.05, 0) is 43.0 Å². The number of hydrogen-bond donors (Lipinski definition) is 3. The summed E-state index contributed by atoms with van der Waals surface area (Å²) < 4.78 is 11.1. The average Bonchev–Trinajstić information content (AvgIpc) is 2.67. The largest absolute Gasteiger partial charge is 0.481 e. The maximum Gasteiger partial charge on any atom is 0.408 e. The van der Waals surface area contributed by atoms with Crippen LogP contribution in [0.5, 0.6) is 0 Å². The number of alkyl carbamates (subject to hydrolysis) is 1. The number of benzene rings is 1. The third-order valence-corrected chi connectivity index (χ3v) is 10.2. The van der Waals surface area contributed by atoms with Crippen LogP contribution >= 0.6 is 0 Å². The summed E-state index contributed by atoms with van der Waals surface area (Å²) in [6, 6.07) is 7.60. The van der Waals surface area contributed by atoms with E-state index in [9.17, 15) is 24.6 Å². The number of nitrogens with one attached hydrogen (secondary N) is 1. The number of hydrogen-bond acceptors (Lipinski definition) is 5. The third-order valence-electron chi connectivity index (χ3n) is 5.64. The van der Waals surface area contributed by atoms with E-state index in [0.29, 0.717) is 13.0 Å². The molecule has 0 aliphatic carbocycles. The fourth-order valence-electron chi connectivity index (χ4n) is 2.63. The minimum atomic E-state index is -1.93. The third kappa shape index (κ3) is 9.52. The molecule has 0 spiro atoms. The lowest BCUT2D eigenvalue weighted by molar-refractivity contribution is -0.144. The van der Waals surface area contributed by atoms with Crippen molar-refractivity contribution in [1.82, 2.24) is 5.32 Å². The minimum absolute atomic E-state index is 0.00778. The monoisotopic (exact) mass is 453 g/mol. The van der Waals surface area contributed by atoms with Gasteiger partial charge in [-0.1, -0.05) is 51.1 Å². The maximum absolute atomic E-state index is 12.0. The lowest BCUT2D eigenvalue weighted by Gasteiger charge is -2.36. The summed E-state index contributed by atoms with van der Waals surface area (Å²) in [5.41, 5.74) is 0.759. The molecule has 31 heavy (non-hydrogen) atoms. The predicted octanol–water partition coefficient (Wildman–Crippen LogP) is 4.26. The molecule has 0 bridgehead atoms. The molecular weight excluding hydrogens is 418 g/mol. The second kappa shape index (κ2) is 11.9. The van der Waals surface area contributed by atoms with E-state index in [2.05, 4.69) is 39.2 Å². The van der Waals surface area contributed by atoms with E-state index in [1.54, 1.807) is 24.3 Å². The molecule has 1 aromatic carbocycles. The van der Waals surface area contributed by atoms with Crippen molar-refractivity contribution < 1.29 is 33.8 Å². The molecule has 0 heterocycles. The summed E-state index contributed by atoms with van der Waals surface area (Å²) in [6.07, 6.45) is -0.379. The summed E-state index contributed by atoms with van der Waals surface area (Å²) in [7, 11) is -1.93. The van der Waals surface area contributed by atoms with Crippen molar-refractivity contribution in [2.24, 2.45) is 5.92 Å². The molecule has 0 radical (unpaired) electrons. The molecule has 0 unspecified atom stereocenters. The molecule has 0 aliphatic rings. The average molecular weight is 454 g/mol. The van der Waals surface area contributed by atoms with Gasteiger partial charge in [0.15, 0.2) is 8.32 Å². The van der Waals surface area contributed by atoms with Gasteiger partial charge in [0.1, 0.15) is 12.6 Å². The van der Waals surface area contributed by atoms with Gasteiger partial charge in [-0.15, -0.1) is 0 Å². The number of amides is 1. The van der Waals surface area contributed by atoms with Crippen molar-refractivity contribution in [1.29, 1.82) is 0 Å². The molecule has 0 saturated carbocycles. The van der Waals surface area contributed by atoms with E-state index in [-0.39, 0.29) is 24.5 Å². The molecule has 0 fully saturated rings. The first kappa shape index (κ1) is 26.6. The van der Waals surface area contributed by atoms with Gasteiger partial charge in [0.05, 0.1) is 5.92 Å². The highest BCUT2D eigenvalue weighted by Gasteiger charge is 2.37. The summed E-state index contributed by atoms with van der Waals surface area (Å²) in [5, 5.41) is 21.2. The van der Waals surface area contributed by atoms with Crippen LogP contribution in [0.2, 0.25) is 18.1 Å². The van der Waals surface area contributed by atoms with Crippen LogP contribution in [0.25, 0.3) is 0 Å². The van der Waals surface area contributed by atoms with E-state index in [0.717, 1.165) is 5.56 Å². The summed E-state index contributed by atoms with van der Waals surface area (Å²) in [5.74, 6) is -3.32. The first-order valence-electron chi connectivity index (χ1n) is 10.4. The van der Waals surface area contributed by atoms with Gasteiger partial charge in [-0.25, -0.2) is 9.59 Å². The molecular formula is C22H35NO7Si. The quantitative estimate of drug-likeness (QED) is 0.319. The van der Waals surface area contributed by atoms with E-state index < -0.39 is 38.3 Å². The van der Waals surface area contributed by atoms with Crippen LogP contribution in [-0.2, 0) is 25.4 Å². The van der Waals surface area contributed by atoms with Crippen LogP contribution in [0.4, 0.5) is 4.79 Å². The predicted molar refractivity (Wildman–Crippen MR) is 119 cm³/mol. The van der Waals surface area contributed by atoms with Gasteiger partial charge in [0.2, 0.25) is 0 Å². The lowest BCUT2D eigenvalue weighted by atomic mass is 9.95. The van der Waals surface area contributed by atoms with Crippen LogP contribution in [0.3, 0.4) is 0 Å². The Balaban J connectivity index is 2.56. The van der Waals surface area contributed by atoms with E-state index in [4.69, 9.17) is 9.16 Å². The van der Waals surface area contributed by atoms with Crippen LogP contribution < -0.4 is 5.32 Å². The van der Waals surface area contributed by atoms with E-state index in [1.807, 2.05) is 6.07 Å². The van der Waals surface area contributed by atoms with E-state index >= 15 is 0 Å². The molecule has 3 N–H and O–H groups in total. The molecule has 1 amide bonds. The SMILES string of the molecule is CC(C)(C)[Si](C)(C)OCCC[C@@H](C[C@H](NC(=O)OCc1ccccc1)C(=O)O)C(=O)O. The molecule has 0 aliphatic heterocycles. The molecule has 174 valence electrons. The van der Waals surface area contributed by atoms with Gasteiger partial charge in [0, 0.05) is 6.61 Å². The van der Waals surface area contributed by atoms with Crippen molar-refractivity contribution in [2.75, 3.05) is 6.61 Å². The Bertz CT molecular complexity index is 731. The number of aliphatic carboxylic acids is 2. The second-order valence-corrected chi connectivity index (χ2v) is 13.9. The highest BCUT2D eigenvalue weighted by Crippen LogP contribution is 2.36. The Kier molecular flexibility index (Phi) is 10.2. The highest BCUT2D eigenvalue weighted by atomic mass is 28.4. The Hall–Kier alpha value is -2.39. The van der Waals surface area contributed by atoms with E-state index in [1.165, 1.54) is 0 Å². The van der Waals surface area contributed by atoms with Crippen molar-refractivity contribution in [2.45, 2.75) is 70.8 Å². The van der Waals surface area contributed by atoms with Gasteiger partial charge in [0.25, 0.3) is 0 Å². The fraction of sp³-hybridized carbons (Fsp3) is 0.591. The highest BCUT2D eigenvalue weighted by molar-refractivity contribution is 6.74. The van der Waals surface area contributed by atoms with Gasteiger partial charge >= 0.3 is 18.0 Å².